The van der Waals surface area contributed by atoms with E-state index in [1.54, 1.807) is 0 Å². The standard InChI is InChI=1S/C13H9BrF2N4S/c1-5-2-6-11(19-13(17)20-12(6)21-5)18-10-4-8(15)7(14)3-9(10)16/h2-4H,1H3,(H3,17,18,19,20). The van der Waals surface area contributed by atoms with E-state index in [9.17, 15) is 8.78 Å². The van der Waals surface area contributed by atoms with Gasteiger partial charge in [-0.3, -0.25) is 0 Å². The highest BCUT2D eigenvalue weighted by atomic mass is 79.9. The van der Waals surface area contributed by atoms with Crippen LogP contribution in [0.5, 0.6) is 0 Å². The third-order valence-electron chi connectivity index (χ3n) is 2.80. The quantitative estimate of drug-likeness (QED) is 0.657. The third-order valence-corrected chi connectivity index (χ3v) is 4.35. The second-order valence-electron chi connectivity index (χ2n) is 4.38. The van der Waals surface area contributed by atoms with Crippen molar-refractivity contribution >= 4 is 54.9 Å². The number of nitrogen functional groups attached to an aromatic ring is 1. The molecule has 21 heavy (non-hydrogen) atoms. The van der Waals surface area contributed by atoms with Crippen LogP contribution < -0.4 is 11.1 Å². The van der Waals surface area contributed by atoms with Gasteiger partial charge < -0.3 is 11.1 Å². The Hall–Kier alpha value is -1.80. The number of hydrogen-bond acceptors (Lipinski definition) is 5. The maximum atomic E-state index is 13.9. The van der Waals surface area contributed by atoms with Gasteiger partial charge in [-0.05, 0) is 35.0 Å². The van der Waals surface area contributed by atoms with E-state index >= 15 is 0 Å². The average Bonchev–Trinajstić information content (AvgIpc) is 2.76. The van der Waals surface area contributed by atoms with Crippen molar-refractivity contribution in [1.29, 1.82) is 0 Å². The molecule has 4 nitrogen and oxygen atoms in total. The fraction of sp³-hybridized carbons (Fsp3) is 0.0769. The molecule has 0 spiro atoms. The first-order valence-corrected chi connectivity index (χ1v) is 7.50. The molecule has 0 amide bonds. The van der Waals surface area contributed by atoms with Crippen LogP contribution in [0, 0.1) is 18.6 Å². The first kappa shape index (κ1) is 14.2. The molecule has 3 N–H and O–H groups in total. The molecule has 0 aliphatic rings. The Morgan fingerprint density at radius 3 is 2.71 bits per heavy atom. The van der Waals surface area contributed by atoms with Gasteiger partial charge in [0.2, 0.25) is 5.95 Å². The number of anilines is 3. The van der Waals surface area contributed by atoms with E-state index in [2.05, 4.69) is 31.2 Å². The molecule has 0 saturated heterocycles. The van der Waals surface area contributed by atoms with Crippen LogP contribution in [0.2, 0.25) is 0 Å². The van der Waals surface area contributed by atoms with E-state index in [0.29, 0.717) is 10.6 Å². The normalized spacial score (nSPS) is 11.0. The summed E-state index contributed by atoms with van der Waals surface area (Å²) in [6.45, 7) is 1.92. The van der Waals surface area contributed by atoms with Gasteiger partial charge in [-0.25, -0.2) is 13.8 Å². The Bertz CT molecular complexity index is 850. The largest absolute Gasteiger partial charge is 0.368 e. The van der Waals surface area contributed by atoms with E-state index in [-0.39, 0.29) is 16.1 Å². The van der Waals surface area contributed by atoms with E-state index in [1.807, 2.05) is 13.0 Å². The van der Waals surface area contributed by atoms with Crippen molar-refractivity contribution in [2.75, 3.05) is 11.1 Å². The number of hydrogen-bond donors (Lipinski definition) is 2. The molecule has 0 fully saturated rings. The number of nitrogens with one attached hydrogen (secondary N) is 1. The number of aromatic nitrogens is 2. The summed E-state index contributed by atoms with van der Waals surface area (Å²) in [7, 11) is 0. The van der Waals surface area contributed by atoms with Gasteiger partial charge >= 0.3 is 0 Å². The Kier molecular flexibility index (Phi) is 3.50. The summed E-state index contributed by atoms with van der Waals surface area (Å²) < 4.78 is 27.5. The van der Waals surface area contributed by atoms with Crippen LogP contribution in [0.25, 0.3) is 10.2 Å². The monoisotopic (exact) mass is 370 g/mol. The van der Waals surface area contributed by atoms with Crippen molar-refractivity contribution in [3.63, 3.8) is 0 Å². The molecular formula is C13H9BrF2N4S. The van der Waals surface area contributed by atoms with Gasteiger partial charge in [0.05, 0.1) is 15.5 Å². The fourth-order valence-corrected chi connectivity index (χ4v) is 3.10. The molecule has 0 bridgehead atoms. The highest BCUT2D eigenvalue weighted by molar-refractivity contribution is 9.10. The minimum atomic E-state index is -0.597. The SMILES string of the molecule is Cc1cc2c(Nc3cc(F)c(Br)cc3F)nc(N)nc2s1. The summed E-state index contributed by atoms with van der Waals surface area (Å²) in [6, 6.07) is 3.98. The number of nitrogens with zero attached hydrogens (tertiary/aromatic N) is 2. The van der Waals surface area contributed by atoms with Crippen LogP contribution in [0.4, 0.5) is 26.2 Å². The van der Waals surface area contributed by atoms with Gasteiger partial charge in [-0.1, -0.05) is 0 Å². The van der Waals surface area contributed by atoms with E-state index in [4.69, 9.17) is 5.73 Å². The first-order valence-electron chi connectivity index (χ1n) is 5.89. The zero-order valence-corrected chi connectivity index (χ0v) is 13.1. The molecule has 8 heteroatoms. The molecule has 0 aliphatic heterocycles. The second-order valence-corrected chi connectivity index (χ2v) is 6.47. The molecule has 3 aromatic rings. The lowest BCUT2D eigenvalue weighted by Gasteiger charge is -2.09. The van der Waals surface area contributed by atoms with Crippen molar-refractivity contribution in [2.24, 2.45) is 0 Å². The van der Waals surface area contributed by atoms with Crippen LogP contribution >= 0.6 is 27.3 Å². The van der Waals surface area contributed by atoms with Gasteiger partial charge in [0.1, 0.15) is 22.3 Å². The maximum Gasteiger partial charge on any atom is 0.223 e. The van der Waals surface area contributed by atoms with Crippen molar-refractivity contribution < 1.29 is 8.78 Å². The number of benzene rings is 1. The number of thiophene rings is 1. The van der Waals surface area contributed by atoms with Crippen LogP contribution in [0.1, 0.15) is 4.88 Å². The van der Waals surface area contributed by atoms with Gasteiger partial charge in [-0.2, -0.15) is 4.98 Å². The Morgan fingerprint density at radius 1 is 1.19 bits per heavy atom. The van der Waals surface area contributed by atoms with Crippen molar-refractivity contribution in [2.45, 2.75) is 6.92 Å². The number of nitrogens with two attached hydrogens (primary N) is 1. The maximum absolute atomic E-state index is 13.9. The molecule has 0 aliphatic carbocycles. The number of aryl methyl sites for hydroxylation is 1. The summed E-state index contributed by atoms with van der Waals surface area (Å²) in [6.07, 6.45) is 0. The minimum absolute atomic E-state index is 0.0149. The van der Waals surface area contributed by atoms with Crippen molar-refractivity contribution in [3.05, 3.63) is 39.2 Å². The van der Waals surface area contributed by atoms with Gasteiger partial charge in [0.25, 0.3) is 0 Å². The van der Waals surface area contributed by atoms with E-state index < -0.39 is 11.6 Å². The lowest BCUT2D eigenvalue weighted by atomic mass is 10.2. The summed E-state index contributed by atoms with van der Waals surface area (Å²) in [5, 5.41) is 3.49. The average molecular weight is 371 g/mol. The van der Waals surface area contributed by atoms with Crippen LogP contribution in [-0.2, 0) is 0 Å². The van der Waals surface area contributed by atoms with Crippen LogP contribution in [-0.4, -0.2) is 9.97 Å². The van der Waals surface area contributed by atoms with Crippen LogP contribution in [0.15, 0.2) is 22.7 Å². The number of fused-ring (bicyclic) bond motifs is 1. The molecule has 1 aromatic carbocycles. The summed E-state index contributed by atoms with van der Waals surface area (Å²) in [5.74, 6) is -0.744. The lowest BCUT2D eigenvalue weighted by molar-refractivity contribution is 0.598. The van der Waals surface area contributed by atoms with Gasteiger partial charge in [0.15, 0.2) is 0 Å². The minimum Gasteiger partial charge on any atom is -0.368 e. The molecule has 2 heterocycles. The van der Waals surface area contributed by atoms with Crippen molar-refractivity contribution in [3.8, 4) is 0 Å². The van der Waals surface area contributed by atoms with E-state index in [1.165, 1.54) is 11.3 Å². The lowest BCUT2D eigenvalue weighted by Crippen LogP contribution is -2.02. The molecular weight excluding hydrogens is 362 g/mol. The number of rotatable bonds is 2. The molecule has 0 atom stereocenters. The smallest absolute Gasteiger partial charge is 0.223 e. The van der Waals surface area contributed by atoms with Crippen LogP contribution in [0.3, 0.4) is 0 Å². The summed E-state index contributed by atoms with van der Waals surface area (Å²) >= 11 is 4.39. The van der Waals surface area contributed by atoms with Crippen molar-refractivity contribution in [1.82, 2.24) is 9.97 Å². The Balaban J connectivity index is 2.11. The molecule has 0 radical (unpaired) electrons. The molecule has 2 aromatic heterocycles. The first-order chi connectivity index (χ1) is 9.94. The van der Waals surface area contributed by atoms with Gasteiger partial charge in [-0.15, -0.1) is 11.3 Å². The second kappa shape index (κ2) is 5.19. The molecule has 3 rings (SSSR count). The third kappa shape index (κ3) is 2.68. The van der Waals surface area contributed by atoms with Gasteiger partial charge in [0, 0.05) is 10.9 Å². The number of halogens is 3. The zero-order chi connectivity index (χ0) is 15.1. The molecule has 0 saturated carbocycles. The predicted molar refractivity (Wildman–Crippen MR) is 83.9 cm³/mol. The molecule has 108 valence electrons. The highest BCUT2D eigenvalue weighted by Gasteiger charge is 2.13. The molecule has 0 unspecified atom stereocenters. The highest BCUT2D eigenvalue weighted by Crippen LogP contribution is 2.32. The summed E-state index contributed by atoms with van der Waals surface area (Å²) in [5.41, 5.74) is 5.63. The topological polar surface area (TPSA) is 63.8 Å². The zero-order valence-electron chi connectivity index (χ0n) is 10.7. The Labute approximate surface area is 131 Å². The van der Waals surface area contributed by atoms with E-state index in [0.717, 1.165) is 22.4 Å². The Morgan fingerprint density at radius 2 is 1.95 bits per heavy atom. The summed E-state index contributed by atoms with van der Waals surface area (Å²) in [4.78, 5) is 9.91. The predicted octanol–water partition coefficient (Wildman–Crippen LogP) is 4.37. The fourth-order valence-electron chi connectivity index (χ4n) is 1.90.